The van der Waals surface area contributed by atoms with Crippen LogP contribution in [-0.2, 0) is 4.74 Å². The van der Waals surface area contributed by atoms with Gasteiger partial charge in [0.15, 0.2) is 11.5 Å². The lowest BCUT2D eigenvalue weighted by Gasteiger charge is -2.19. The van der Waals surface area contributed by atoms with Gasteiger partial charge in [-0.15, -0.1) is 0 Å². The summed E-state index contributed by atoms with van der Waals surface area (Å²) in [6.07, 6.45) is 9.18. The maximum absolute atomic E-state index is 12.7. The third-order valence-corrected chi connectivity index (χ3v) is 4.71. The van der Waals surface area contributed by atoms with E-state index in [9.17, 15) is 9.59 Å². The molecule has 0 fully saturated rings. The van der Waals surface area contributed by atoms with Gasteiger partial charge < -0.3 is 9.84 Å². The fourth-order valence-corrected chi connectivity index (χ4v) is 3.32. The molecule has 1 aliphatic rings. The van der Waals surface area contributed by atoms with E-state index in [0.29, 0.717) is 23.1 Å². The lowest BCUT2D eigenvalue weighted by molar-refractivity contribution is 0.0902. The van der Waals surface area contributed by atoms with E-state index in [1.165, 1.54) is 26.4 Å². The predicted molar refractivity (Wildman–Crippen MR) is 97.8 cm³/mol. The number of hydrogen-bond donors (Lipinski definition) is 1. The Hall–Kier alpha value is -1.94. The van der Waals surface area contributed by atoms with Crippen molar-refractivity contribution < 1.29 is 19.4 Å². The fraction of sp³-hybridized carbons (Fsp3) is 0.524. The highest BCUT2D eigenvalue weighted by molar-refractivity contribution is 6.26. The van der Waals surface area contributed by atoms with Gasteiger partial charge in [0.2, 0.25) is 5.78 Å². The lowest BCUT2D eigenvalue weighted by Crippen LogP contribution is -2.23. The zero-order valence-corrected chi connectivity index (χ0v) is 15.1. The molecule has 0 spiro atoms. The lowest BCUT2D eigenvalue weighted by atomic mass is 9.86. The van der Waals surface area contributed by atoms with Crippen LogP contribution in [0.15, 0.2) is 35.6 Å². The van der Waals surface area contributed by atoms with E-state index in [4.69, 9.17) is 9.84 Å². The van der Waals surface area contributed by atoms with Crippen LogP contribution in [0.3, 0.4) is 0 Å². The minimum Gasteiger partial charge on any atom is -0.492 e. The number of carbonyl (C=O) groups is 2. The van der Waals surface area contributed by atoms with Gasteiger partial charge in [0.25, 0.3) is 0 Å². The van der Waals surface area contributed by atoms with Gasteiger partial charge >= 0.3 is 0 Å². The Bertz CT molecular complexity index is 631. The van der Waals surface area contributed by atoms with Crippen LogP contribution in [0.4, 0.5) is 0 Å². The second-order valence-electron chi connectivity index (χ2n) is 6.52. The van der Waals surface area contributed by atoms with Gasteiger partial charge in [-0.2, -0.15) is 0 Å². The Labute approximate surface area is 149 Å². The summed E-state index contributed by atoms with van der Waals surface area (Å²) in [6.45, 7) is 0.285. The highest BCUT2D eigenvalue weighted by atomic mass is 16.5. The molecule has 4 nitrogen and oxygen atoms in total. The summed E-state index contributed by atoms with van der Waals surface area (Å²) in [4.78, 5) is 25.2. The first-order chi connectivity index (χ1) is 12.2. The summed E-state index contributed by atoms with van der Waals surface area (Å²) in [6, 6.07) is 6.95. The van der Waals surface area contributed by atoms with Gasteiger partial charge in [-0.05, 0) is 19.3 Å². The number of fused-ring (bicyclic) bond motifs is 1. The van der Waals surface area contributed by atoms with Crippen LogP contribution in [0, 0.1) is 0 Å². The van der Waals surface area contributed by atoms with E-state index < -0.39 is 0 Å². The minimum absolute atomic E-state index is 0.0731. The molecule has 0 saturated heterocycles. The van der Waals surface area contributed by atoms with Crippen molar-refractivity contribution in [2.45, 2.75) is 57.8 Å². The van der Waals surface area contributed by atoms with E-state index in [-0.39, 0.29) is 23.9 Å². The summed E-state index contributed by atoms with van der Waals surface area (Å²) in [5.41, 5.74) is 1.46. The predicted octanol–water partition coefficient (Wildman–Crippen LogP) is 4.47. The number of ketones is 2. The number of unbranched alkanes of at least 4 members (excludes halogenated alkanes) is 7. The molecule has 0 aromatic heterocycles. The minimum atomic E-state index is -0.184. The van der Waals surface area contributed by atoms with Crippen molar-refractivity contribution >= 4 is 11.6 Å². The molecule has 0 saturated carbocycles. The summed E-state index contributed by atoms with van der Waals surface area (Å²) < 4.78 is 5.27. The highest BCUT2D eigenvalue weighted by Gasteiger charge is 2.32. The molecular formula is C21H28O4. The zero-order chi connectivity index (χ0) is 18.1. The summed E-state index contributed by atoms with van der Waals surface area (Å²) in [5.74, 6) is -0.0414. The highest BCUT2D eigenvalue weighted by Crippen LogP contribution is 2.29. The molecule has 136 valence electrons. The van der Waals surface area contributed by atoms with Crippen molar-refractivity contribution in [3.63, 3.8) is 0 Å². The van der Waals surface area contributed by atoms with Gasteiger partial charge in [-0.3, -0.25) is 9.59 Å². The molecule has 1 aromatic carbocycles. The Morgan fingerprint density at radius 3 is 1.88 bits per heavy atom. The van der Waals surface area contributed by atoms with Crippen molar-refractivity contribution in [1.82, 2.24) is 0 Å². The molecule has 0 radical (unpaired) electrons. The van der Waals surface area contributed by atoms with Crippen LogP contribution >= 0.6 is 0 Å². The molecule has 4 heteroatoms. The molecule has 0 atom stereocenters. The molecule has 0 heterocycles. The molecule has 0 unspecified atom stereocenters. The largest absolute Gasteiger partial charge is 0.492 e. The number of aliphatic hydroxyl groups is 1. The molecule has 0 aliphatic heterocycles. The van der Waals surface area contributed by atoms with Gasteiger partial charge in [-0.1, -0.05) is 62.8 Å². The SMILES string of the molecule is COC1=C(CCCCCCCCCCO)C(=O)c2ccccc2C1=O. The summed E-state index contributed by atoms with van der Waals surface area (Å²) in [5, 5.41) is 8.74. The van der Waals surface area contributed by atoms with E-state index >= 15 is 0 Å². The monoisotopic (exact) mass is 344 g/mol. The van der Waals surface area contributed by atoms with E-state index in [1.807, 2.05) is 0 Å². The topological polar surface area (TPSA) is 63.6 Å². The molecule has 2 rings (SSSR count). The smallest absolute Gasteiger partial charge is 0.228 e. The maximum atomic E-state index is 12.7. The van der Waals surface area contributed by atoms with E-state index in [1.54, 1.807) is 24.3 Å². The Morgan fingerprint density at radius 2 is 1.32 bits per heavy atom. The number of benzene rings is 1. The summed E-state index contributed by atoms with van der Waals surface area (Å²) in [7, 11) is 1.46. The third-order valence-electron chi connectivity index (χ3n) is 4.71. The number of aliphatic hydroxyl groups excluding tert-OH is 1. The summed E-state index contributed by atoms with van der Waals surface area (Å²) >= 11 is 0. The number of ether oxygens (including phenoxy) is 1. The fourth-order valence-electron chi connectivity index (χ4n) is 3.32. The van der Waals surface area contributed by atoms with Crippen molar-refractivity contribution in [2.75, 3.05) is 13.7 Å². The Balaban J connectivity index is 1.84. The second-order valence-corrected chi connectivity index (χ2v) is 6.52. The van der Waals surface area contributed by atoms with Crippen LogP contribution in [0.1, 0.15) is 78.5 Å². The number of carbonyl (C=O) groups excluding carboxylic acids is 2. The molecule has 1 aromatic rings. The Morgan fingerprint density at radius 1 is 0.800 bits per heavy atom. The molecule has 0 bridgehead atoms. The molecule has 1 N–H and O–H groups in total. The van der Waals surface area contributed by atoms with Crippen LogP contribution in [0.5, 0.6) is 0 Å². The molecule has 0 amide bonds. The van der Waals surface area contributed by atoms with Crippen molar-refractivity contribution in [3.05, 3.63) is 46.7 Å². The van der Waals surface area contributed by atoms with E-state index in [0.717, 1.165) is 32.1 Å². The van der Waals surface area contributed by atoms with Crippen LogP contribution in [-0.4, -0.2) is 30.4 Å². The molecule has 25 heavy (non-hydrogen) atoms. The maximum Gasteiger partial charge on any atom is 0.228 e. The van der Waals surface area contributed by atoms with Crippen molar-refractivity contribution in [1.29, 1.82) is 0 Å². The average molecular weight is 344 g/mol. The normalized spacial score (nSPS) is 14.0. The number of methoxy groups -OCH3 is 1. The first-order valence-electron chi connectivity index (χ1n) is 9.27. The third kappa shape index (κ3) is 5.02. The molecule has 1 aliphatic carbocycles. The number of allylic oxidation sites excluding steroid dienone is 2. The van der Waals surface area contributed by atoms with Gasteiger partial charge in [0.05, 0.1) is 7.11 Å². The number of hydrogen-bond acceptors (Lipinski definition) is 4. The first kappa shape index (κ1) is 19.4. The number of rotatable bonds is 11. The van der Waals surface area contributed by atoms with Gasteiger partial charge in [-0.25, -0.2) is 0 Å². The average Bonchev–Trinajstić information content (AvgIpc) is 2.64. The van der Waals surface area contributed by atoms with Crippen molar-refractivity contribution in [3.8, 4) is 0 Å². The number of Topliss-reactive ketones (excluding diaryl/α,β-unsaturated/α-hetero) is 2. The zero-order valence-electron chi connectivity index (χ0n) is 15.1. The van der Waals surface area contributed by atoms with Crippen LogP contribution in [0.2, 0.25) is 0 Å². The van der Waals surface area contributed by atoms with Crippen LogP contribution < -0.4 is 0 Å². The van der Waals surface area contributed by atoms with Crippen molar-refractivity contribution in [2.24, 2.45) is 0 Å². The Kier molecular flexibility index (Phi) is 7.86. The van der Waals surface area contributed by atoms with E-state index in [2.05, 4.69) is 0 Å². The molecular weight excluding hydrogens is 316 g/mol. The van der Waals surface area contributed by atoms with Crippen LogP contribution in [0.25, 0.3) is 0 Å². The first-order valence-corrected chi connectivity index (χ1v) is 9.27. The van der Waals surface area contributed by atoms with Gasteiger partial charge in [0, 0.05) is 23.3 Å². The standard InChI is InChI=1S/C21H28O4/c1-25-21-18(14-8-6-4-2-3-5-7-11-15-22)19(23)16-12-9-10-13-17(16)20(21)24/h9-10,12-13,22H,2-8,11,14-15H2,1H3. The van der Waals surface area contributed by atoms with Gasteiger partial charge in [0.1, 0.15) is 0 Å². The quantitative estimate of drug-likeness (QED) is 0.602. The second kappa shape index (κ2) is 10.1.